The molecule has 1 fully saturated rings. The monoisotopic (exact) mass is 822 g/mol. The maximum absolute atomic E-state index is 2.61. The highest BCUT2D eigenvalue weighted by molar-refractivity contribution is 7.25. The molecule has 1 saturated carbocycles. The number of nitrogens with zero attached hydrogens (tertiary/aromatic N) is 2. The highest BCUT2D eigenvalue weighted by atomic mass is 32.1. The first-order valence-corrected chi connectivity index (χ1v) is 23.4. The van der Waals surface area contributed by atoms with Crippen molar-refractivity contribution in [2.24, 2.45) is 0 Å². The number of thiophene rings is 1. The Morgan fingerprint density at radius 3 is 1.73 bits per heavy atom. The molecule has 14 rings (SSSR count). The number of para-hydroxylation sites is 1. The molecular formula is C60H42N2S. The van der Waals surface area contributed by atoms with Crippen molar-refractivity contribution in [2.45, 2.75) is 37.5 Å². The third kappa shape index (κ3) is 5.12. The summed E-state index contributed by atoms with van der Waals surface area (Å²) in [6.45, 7) is 0. The van der Waals surface area contributed by atoms with Crippen LogP contribution in [-0.4, -0.2) is 9.13 Å². The van der Waals surface area contributed by atoms with Crippen LogP contribution in [0.15, 0.2) is 194 Å². The molecule has 298 valence electrons. The quantitative estimate of drug-likeness (QED) is 0.167. The number of hydrogen-bond acceptors (Lipinski definition) is 1. The van der Waals surface area contributed by atoms with E-state index in [1.165, 1.54) is 152 Å². The van der Waals surface area contributed by atoms with Gasteiger partial charge in [0.05, 0.1) is 22.1 Å². The predicted molar refractivity (Wildman–Crippen MR) is 268 cm³/mol. The van der Waals surface area contributed by atoms with Gasteiger partial charge in [-0.15, -0.1) is 11.3 Å². The van der Waals surface area contributed by atoms with Crippen molar-refractivity contribution in [3.63, 3.8) is 0 Å². The standard InChI is InChI=1S/C60H42N2S/c1-3-13-38(14-4-1)39-21-25-42(26-22-39)61-56-29-24-41(34-49(56)50-36-53-47(37-57(50)61)44-15-5-8-18-52(44)60(53)31-11-2-12-32-60)40-23-28-55-48(33-40)45-16-6-9-19-54(45)62(55)43-27-30-59-51(35-43)46-17-7-10-20-58(46)63-59/h1,3-10,13-30,33-37H,2,11-12,31-32H2. The Morgan fingerprint density at radius 2 is 0.921 bits per heavy atom. The Hall–Kier alpha value is -7.20. The van der Waals surface area contributed by atoms with E-state index in [1.54, 1.807) is 0 Å². The average Bonchev–Trinajstić information content (AvgIpc) is 4.06. The fourth-order valence-electron chi connectivity index (χ4n) is 11.8. The average molecular weight is 823 g/mol. The molecule has 0 N–H and O–H groups in total. The lowest BCUT2D eigenvalue weighted by molar-refractivity contribution is 0.353. The van der Waals surface area contributed by atoms with Crippen molar-refractivity contribution >= 4 is 75.1 Å². The van der Waals surface area contributed by atoms with Crippen molar-refractivity contribution in [3.8, 4) is 44.8 Å². The zero-order chi connectivity index (χ0) is 41.2. The molecule has 2 nitrogen and oxygen atoms in total. The summed E-state index contributed by atoms with van der Waals surface area (Å²) in [4.78, 5) is 0. The van der Waals surface area contributed by atoms with Crippen molar-refractivity contribution in [1.29, 1.82) is 0 Å². The minimum absolute atomic E-state index is 0.0854. The molecule has 0 amide bonds. The molecule has 0 unspecified atom stereocenters. The predicted octanol–water partition coefficient (Wildman–Crippen LogP) is 16.8. The second-order valence-corrected chi connectivity index (χ2v) is 19.0. The van der Waals surface area contributed by atoms with Crippen LogP contribution in [0.4, 0.5) is 0 Å². The van der Waals surface area contributed by atoms with Crippen molar-refractivity contribution < 1.29 is 0 Å². The third-order valence-corrected chi connectivity index (χ3v) is 15.9. The fourth-order valence-corrected chi connectivity index (χ4v) is 12.9. The van der Waals surface area contributed by atoms with Crippen LogP contribution in [0.5, 0.6) is 0 Å². The molecule has 0 radical (unpaired) electrons. The molecule has 2 aliphatic carbocycles. The molecule has 3 heterocycles. The summed E-state index contributed by atoms with van der Waals surface area (Å²) in [7, 11) is 0. The summed E-state index contributed by atoms with van der Waals surface area (Å²) in [6.07, 6.45) is 6.33. The number of hydrogen-bond donors (Lipinski definition) is 0. The largest absolute Gasteiger partial charge is 0.309 e. The topological polar surface area (TPSA) is 9.86 Å². The van der Waals surface area contributed by atoms with Gasteiger partial charge >= 0.3 is 0 Å². The Morgan fingerprint density at radius 1 is 0.333 bits per heavy atom. The summed E-state index contributed by atoms with van der Waals surface area (Å²) >= 11 is 1.87. The zero-order valence-corrected chi connectivity index (χ0v) is 35.6. The molecule has 2 aliphatic rings. The minimum Gasteiger partial charge on any atom is -0.309 e. The van der Waals surface area contributed by atoms with Gasteiger partial charge in [-0.3, -0.25) is 0 Å². The Bertz CT molecular complexity index is 3820. The lowest BCUT2D eigenvalue weighted by Crippen LogP contribution is -2.27. The molecule has 3 aromatic heterocycles. The SMILES string of the molecule is c1ccc(-c2ccc(-n3c4ccc(-c5ccc6c(c5)c5ccccc5n6-c5ccc6sc7ccccc7c6c5)cc4c4cc5c(cc43)-c3ccccc3C53CCCCC3)cc2)cc1. The summed E-state index contributed by atoms with van der Waals surface area (Å²) in [5.41, 5.74) is 18.3. The van der Waals surface area contributed by atoms with Crippen LogP contribution in [0.25, 0.3) is 109 Å². The molecule has 9 aromatic carbocycles. The van der Waals surface area contributed by atoms with E-state index in [0.717, 1.165) is 0 Å². The summed E-state index contributed by atoms with van der Waals surface area (Å²) < 4.78 is 7.63. The van der Waals surface area contributed by atoms with Crippen LogP contribution >= 0.6 is 11.3 Å². The first-order valence-electron chi connectivity index (χ1n) is 22.5. The zero-order valence-electron chi connectivity index (χ0n) is 34.8. The van der Waals surface area contributed by atoms with E-state index in [1.807, 2.05) is 11.3 Å². The van der Waals surface area contributed by atoms with E-state index in [4.69, 9.17) is 0 Å². The number of rotatable bonds is 4. The molecule has 1 spiro atoms. The summed E-state index contributed by atoms with van der Waals surface area (Å²) in [5.74, 6) is 0. The molecule has 63 heavy (non-hydrogen) atoms. The van der Waals surface area contributed by atoms with E-state index in [0.29, 0.717) is 0 Å². The summed E-state index contributed by atoms with van der Waals surface area (Å²) in [6, 6.07) is 73.3. The summed E-state index contributed by atoms with van der Waals surface area (Å²) in [5, 5.41) is 7.83. The minimum atomic E-state index is 0.0854. The highest BCUT2D eigenvalue weighted by Crippen LogP contribution is 2.57. The lowest BCUT2D eigenvalue weighted by Gasteiger charge is -2.36. The molecule has 3 heteroatoms. The maximum atomic E-state index is 2.61. The normalized spacial score (nSPS) is 14.5. The van der Waals surface area contributed by atoms with Crippen LogP contribution < -0.4 is 0 Å². The smallest absolute Gasteiger partial charge is 0.0547 e. The fraction of sp³-hybridized carbons (Fsp3) is 0.100. The van der Waals surface area contributed by atoms with Gasteiger partial charge in [0.1, 0.15) is 0 Å². The Labute approximate surface area is 369 Å². The molecule has 0 saturated heterocycles. The van der Waals surface area contributed by atoms with Gasteiger partial charge in [-0.25, -0.2) is 0 Å². The second-order valence-electron chi connectivity index (χ2n) is 17.9. The first-order chi connectivity index (χ1) is 31.2. The lowest BCUT2D eigenvalue weighted by atomic mass is 9.68. The van der Waals surface area contributed by atoms with Crippen LogP contribution in [0.2, 0.25) is 0 Å². The molecular weight excluding hydrogens is 781 g/mol. The molecule has 0 atom stereocenters. The maximum Gasteiger partial charge on any atom is 0.0547 e. The second kappa shape index (κ2) is 13.4. The van der Waals surface area contributed by atoms with Gasteiger partial charge in [-0.05, 0) is 136 Å². The van der Waals surface area contributed by atoms with Gasteiger partial charge < -0.3 is 9.13 Å². The van der Waals surface area contributed by atoms with E-state index in [-0.39, 0.29) is 5.41 Å². The van der Waals surface area contributed by atoms with Crippen LogP contribution in [0.3, 0.4) is 0 Å². The van der Waals surface area contributed by atoms with E-state index in [9.17, 15) is 0 Å². The van der Waals surface area contributed by atoms with E-state index in [2.05, 4.69) is 203 Å². The van der Waals surface area contributed by atoms with Crippen molar-refractivity contribution in [1.82, 2.24) is 9.13 Å². The molecule has 0 bridgehead atoms. The third-order valence-electron chi connectivity index (χ3n) is 14.7. The number of benzene rings is 9. The van der Waals surface area contributed by atoms with Gasteiger partial charge in [-0.1, -0.05) is 135 Å². The molecule has 12 aromatic rings. The van der Waals surface area contributed by atoms with E-state index < -0.39 is 0 Å². The Balaban J connectivity index is 0.970. The van der Waals surface area contributed by atoms with Crippen LogP contribution in [-0.2, 0) is 5.41 Å². The van der Waals surface area contributed by atoms with Gasteiger partial charge in [-0.2, -0.15) is 0 Å². The number of fused-ring (bicyclic) bond motifs is 14. The first kappa shape index (κ1) is 35.4. The van der Waals surface area contributed by atoms with Crippen molar-refractivity contribution in [3.05, 3.63) is 205 Å². The van der Waals surface area contributed by atoms with Crippen LogP contribution in [0, 0.1) is 0 Å². The van der Waals surface area contributed by atoms with Crippen molar-refractivity contribution in [2.75, 3.05) is 0 Å². The van der Waals surface area contributed by atoms with Gasteiger partial charge in [0.15, 0.2) is 0 Å². The van der Waals surface area contributed by atoms with Crippen LogP contribution in [0.1, 0.15) is 43.2 Å². The highest BCUT2D eigenvalue weighted by Gasteiger charge is 2.44. The Kier molecular flexibility index (Phi) is 7.53. The van der Waals surface area contributed by atoms with E-state index >= 15 is 0 Å². The van der Waals surface area contributed by atoms with Gasteiger partial charge in [0.25, 0.3) is 0 Å². The van der Waals surface area contributed by atoms with Gasteiger partial charge in [0.2, 0.25) is 0 Å². The van der Waals surface area contributed by atoms with Gasteiger partial charge in [0, 0.05) is 58.5 Å². The molecule has 0 aliphatic heterocycles. The number of aromatic nitrogens is 2.